The van der Waals surface area contributed by atoms with Crippen molar-refractivity contribution >= 4 is 11.9 Å². The van der Waals surface area contributed by atoms with Gasteiger partial charge in [-0.15, -0.1) is 0 Å². The average molecular weight is 385 g/mol. The second kappa shape index (κ2) is 9.41. The van der Waals surface area contributed by atoms with Crippen molar-refractivity contribution in [2.45, 2.75) is 12.2 Å². The van der Waals surface area contributed by atoms with Gasteiger partial charge in [-0.3, -0.25) is 4.79 Å². The molecule has 0 aliphatic heterocycles. The van der Waals surface area contributed by atoms with Crippen LogP contribution in [0.1, 0.15) is 17.4 Å². The number of ether oxygens (including phenoxy) is 1. The number of rotatable bonds is 5. The summed E-state index contributed by atoms with van der Waals surface area (Å²) in [7, 11) is 3.49. The fraction of sp³-hybridized carbons (Fsp3) is 0.235. The second-order valence-corrected chi connectivity index (χ2v) is 5.12. The lowest BCUT2D eigenvalue weighted by atomic mass is 10.1. The van der Waals surface area contributed by atoms with Crippen molar-refractivity contribution in [2.75, 3.05) is 7.11 Å². The molecule has 0 radical (unpaired) electrons. The van der Waals surface area contributed by atoms with E-state index in [0.717, 1.165) is 17.1 Å². The fourth-order valence-electron chi connectivity index (χ4n) is 1.97. The highest BCUT2D eigenvalue weighted by Crippen LogP contribution is 2.24. The van der Waals surface area contributed by atoms with Gasteiger partial charge in [0, 0.05) is 19.4 Å². The first-order valence-corrected chi connectivity index (χ1v) is 7.44. The number of methoxy groups -OCH3 is 1. The van der Waals surface area contributed by atoms with E-state index in [1.54, 1.807) is 13.3 Å². The minimum absolute atomic E-state index is 0.249. The number of aliphatic carboxylic acids is 1. The highest BCUT2D eigenvalue weighted by molar-refractivity contribution is 5.87. The summed E-state index contributed by atoms with van der Waals surface area (Å²) in [5.74, 6) is -1.53. The molecule has 2 rings (SSSR count). The molecule has 146 valence electrons. The van der Waals surface area contributed by atoms with E-state index in [1.165, 1.54) is 6.08 Å². The lowest BCUT2D eigenvalue weighted by Crippen LogP contribution is -2.29. The number of nitrogens with one attached hydrogen (secondary N) is 1. The van der Waals surface area contributed by atoms with Gasteiger partial charge in [0.05, 0.1) is 7.11 Å². The molecule has 10 heteroatoms. The van der Waals surface area contributed by atoms with E-state index in [0.29, 0.717) is 0 Å². The average Bonchev–Trinajstić information content (AvgIpc) is 3.04. The number of carboxylic acids is 1. The molecular formula is C17H18F3N3O4. The maximum absolute atomic E-state index is 11.7. The highest BCUT2D eigenvalue weighted by Gasteiger charge is 2.38. The molecule has 0 spiro atoms. The van der Waals surface area contributed by atoms with Crippen LogP contribution >= 0.6 is 0 Å². The molecule has 1 aromatic heterocycles. The van der Waals surface area contributed by atoms with Crippen LogP contribution in [-0.2, 0) is 16.6 Å². The fourth-order valence-corrected chi connectivity index (χ4v) is 1.97. The zero-order valence-corrected chi connectivity index (χ0v) is 14.5. The van der Waals surface area contributed by atoms with Crippen molar-refractivity contribution in [3.05, 3.63) is 60.7 Å². The summed E-state index contributed by atoms with van der Waals surface area (Å²) in [6.07, 6.45) is -0.304. The largest absolute Gasteiger partial charge is 0.497 e. The van der Waals surface area contributed by atoms with E-state index in [2.05, 4.69) is 16.9 Å². The number of aryl methyl sites for hydroxylation is 1. The van der Waals surface area contributed by atoms with E-state index < -0.39 is 12.1 Å². The van der Waals surface area contributed by atoms with Crippen LogP contribution in [0.5, 0.6) is 5.75 Å². The van der Waals surface area contributed by atoms with Gasteiger partial charge in [0.25, 0.3) is 0 Å². The van der Waals surface area contributed by atoms with Crippen LogP contribution in [0.2, 0.25) is 0 Å². The van der Waals surface area contributed by atoms with E-state index in [4.69, 9.17) is 14.6 Å². The van der Waals surface area contributed by atoms with Gasteiger partial charge >= 0.3 is 12.1 Å². The van der Waals surface area contributed by atoms with E-state index in [-0.39, 0.29) is 11.9 Å². The smallest absolute Gasteiger partial charge is 0.490 e. The van der Waals surface area contributed by atoms with Crippen LogP contribution in [0, 0.1) is 0 Å². The van der Waals surface area contributed by atoms with Crippen molar-refractivity contribution in [3.8, 4) is 5.75 Å². The Hall–Kier alpha value is -3.30. The Morgan fingerprint density at radius 3 is 2.48 bits per heavy atom. The number of aromatic nitrogens is 2. The van der Waals surface area contributed by atoms with E-state index in [1.807, 2.05) is 42.1 Å². The lowest BCUT2D eigenvalue weighted by molar-refractivity contribution is -0.192. The van der Waals surface area contributed by atoms with Gasteiger partial charge in [-0.1, -0.05) is 18.7 Å². The number of amides is 1. The van der Waals surface area contributed by atoms with Crippen LogP contribution in [0.4, 0.5) is 13.2 Å². The minimum Gasteiger partial charge on any atom is -0.497 e. The number of hydrogen-bond donors (Lipinski definition) is 2. The summed E-state index contributed by atoms with van der Waals surface area (Å²) in [5.41, 5.74) is 0.897. The maximum atomic E-state index is 11.7. The van der Waals surface area contributed by atoms with Crippen LogP contribution in [0.25, 0.3) is 0 Å². The predicted molar refractivity (Wildman–Crippen MR) is 90.1 cm³/mol. The molecule has 1 unspecified atom stereocenters. The molecule has 1 aromatic carbocycles. The van der Waals surface area contributed by atoms with Gasteiger partial charge in [-0.05, 0) is 23.8 Å². The third-order valence-corrected chi connectivity index (χ3v) is 3.26. The number of halogens is 3. The number of imidazole rings is 1. The van der Waals surface area contributed by atoms with Gasteiger partial charge in [-0.2, -0.15) is 13.2 Å². The third kappa shape index (κ3) is 6.49. The topological polar surface area (TPSA) is 93.5 Å². The number of nitrogens with zero attached hydrogens (tertiary/aromatic N) is 2. The number of alkyl halides is 3. The summed E-state index contributed by atoms with van der Waals surface area (Å²) in [5, 5.41) is 10.0. The first-order valence-electron chi connectivity index (χ1n) is 7.44. The first kappa shape index (κ1) is 21.7. The summed E-state index contributed by atoms with van der Waals surface area (Å²) in [4.78, 5) is 24.9. The minimum atomic E-state index is -5.08. The summed E-state index contributed by atoms with van der Waals surface area (Å²) in [6, 6.07) is 7.18. The van der Waals surface area contributed by atoms with Gasteiger partial charge in [0.1, 0.15) is 17.6 Å². The predicted octanol–water partition coefficient (Wildman–Crippen LogP) is 2.45. The summed E-state index contributed by atoms with van der Waals surface area (Å²) < 4.78 is 38.8. The Labute approximate surface area is 153 Å². The zero-order chi connectivity index (χ0) is 20.6. The molecule has 2 N–H and O–H groups in total. The number of hydrogen-bond acceptors (Lipinski definition) is 4. The van der Waals surface area contributed by atoms with Gasteiger partial charge in [0.15, 0.2) is 0 Å². The SMILES string of the molecule is C=CC(=O)NC(c1cccc(OC)c1)c1nccn1C.O=C(O)C(F)(F)F. The molecular weight excluding hydrogens is 367 g/mol. The van der Waals surface area contributed by atoms with Crippen LogP contribution in [0.3, 0.4) is 0 Å². The molecule has 27 heavy (non-hydrogen) atoms. The molecule has 0 bridgehead atoms. The highest BCUT2D eigenvalue weighted by atomic mass is 19.4. The first-order chi connectivity index (χ1) is 12.6. The molecule has 0 aliphatic rings. The quantitative estimate of drug-likeness (QED) is 0.772. The van der Waals surface area contributed by atoms with Crippen LogP contribution in [0.15, 0.2) is 49.3 Å². The number of carboxylic acid groups (broad SMARTS) is 1. The molecule has 2 aromatic rings. The van der Waals surface area contributed by atoms with Crippen molar-refractivity contribution < 1.29 is 32.6 Å². The van der Waals surface area contributed by atoms with E-state index >= 15 is 0 Å². The molecule has 0 aliphatic carbocycles. The molecule has 0 saturated carbocycles. The maximum Gasteiger partial charge on any atom is 0.490 e. The third-order valence-electron chi connectivity index (χ3n) is 3.26. The van der Waals surface area contributed by atoms with Gasteiger partial charge < -0.3 is 19.7 Å². The van der Waals surface area contributed by atoms with Gasteiger partial charge in [0.2, 0.25) is 5.91 Å². The van der Waals surface area contributed by atoms with Gasteiger partial charge in [-0.25, -0.2) is 9.78 Å². The normalized spacial score (nSPS) is 11.6. The monoisotopic (exact) mass is 385 g/mol. The van der Waals surface area contributed by atoms with Crippen molar-refractivity contribution in [1.82, 2.24) is 14.9 Å². The van der Waals surface area contributed by atoms with E-state index in [9.17, 15) is 18.0 Å². The molecule has 1 amide bonds. The molecule has 7 nitrogen and oxygen atoms in total. The van der Waals surface area contributed by atoms with Crippen LogP contribution < -0.4 is 10.1 Å². The second-order valence-electron chi connectivity index (χ2n) is 5.12. The van der Waals surface area contributed by atoms with Crippen molar-refractivity contribution in [1.29, 1.82) is 0 Å². The number of benzene rings is 1. The van der Waals surface area contributed by atoms with Crippen LogP contribution in [-0.4, -0.2) is 39.8 Å². The Bertz CT molecular complexity index is 803. The molecule has 1 heterocycles. The Balaban J connectivity index is 0.000000445. The summed E-state index contributed by atoms with van der Waals surface area (Å²) in [6.45, 7) is 3.48. The Morgan fingerprint density at radius 2 is 2.04 bits per heavy atom. The van der Waals surface area contributed by atoms with Crippen molar-refractivity contribution in [3.63, 3.8) is 0 Å². The standard InChI is InChI=1S/C15H17N3O2.C2HF3O2/c1-4-13(19)17-14(15-16-8-9-18(15)2)11-6-5-7-12(10-11)20-3;3-2(4,5)1(6)7/h4-10,14H,1H2,2-3H3,(H,17,19);(H,6,7). The summed E-state index contributed by atoms with van der Waals surface area (Å²) >= 11 is 0. The molecule has 1 atom stereocenters. The molecule has 0 fully saturated rings. The number of carbonyl (C=O) groups excluding carboxylic acids is 1. The molecule has 0 saturated heterocycles. The zero-order valence-electron chi connectivity index (χ0n) is 14.5. The Morgan fingerprint density at radius 1 is 1.41 bits per heavy atom. The lowest BCUT2D eigenvalue weighted by Gasteiger charge is -2.18. The Kier molecular flexibility index (Phi) is 7.58. The van der Waals surface area contributed by atoms with Crippen molar-refractivity contribution in [2.24, 2.45) is 7.05 Å². The number of carbonyl (C=O) groups is 2.